The highest BCUT2D eigenvalue weighted by Gasteiger charge is 2.67. The van der Waals surface area contributed by atoms with E-state index in [1.807, 2.05) is 0 Å². The van der Waals surface area contributed by atoms with Gasteiger partial charge in [-0.15, -0.1) is 0 Å². The van der Waals surface area contributed by atoms with Gasteiger partial charge in [0, 0.05) is 18.3 Å². The van der Waals surface area contributed by atoms with E-state index in [1.54, 1.807) is 6.92 Å². The van der Waals surface area contributed by atoms with Crippen molar-refractivity contribution in [2.45, 2.75) is 191 Å². The molecule has 4 saturated carbocycles. The number of carbonyl (C=O) groups is 1. The van der Waals surface area contributed by atoms with Crippen molar-refractivity contribution in [2.24, 2.45) is 11.3 Å². The smallest absolute Gasteiger partial charge is 0.334 e. The molecule has 0 amide bonds. The summed E-state index contributed by atoms with van der Waals surface area (Å²) < 4.78 is 39.6. The molecule has 3 aliphatic heterocycles. The zero-order chi connectivity index (χ0) is 34.6. The van der Waals surface area contributed by atoms with Crippen LogP contribution in [0.5, 0.6) is 0 Å². The lowest BCUT2D eigenvalue weighted by atomic mass is 9.45. The summed E-state index contributed by atoms with van der Waals surface area (Å²) in [5.74, 6) is 0.195. The third-order valence-corrected chi connectivity index (χ3v) is 13.7. The molecule has 0 aromatic rings. The van der Waals surface area contributed by atoms with E-state index in [0.29, 0.717) is 37.1 Å². The Morgan fingerprint density at radius 3 is 1.45 bits per heavy atom. The van der Waals surface area contributed by atoms with Gasteiger partial charge >= 0.3 is 5.97 Å². The molecule has 3 saturated heterocycles. The Kier molecular flexibility index (Phi) is 11.8. The number of aliphatic carboxylic acids is 1. The molecule has 4 aliphatic carbocycles. The van der Waals surface area contributed by atoms with Gasteiger partial charge in [0.2, 0.25) is 0 Å². The topological polar surface area (TPSA) is 92.7 Å². The van der Waals surface area contributed by atoms with Gasteiger partial charge in [-0.25, -0.2) is 4.79 Å². The van der Waals surface area contributed by atoms with Crippen LogP contribution < -0.4 is 0 Å². The largest absolute Gasteiger partial charge is 0.497 e. The Labute approximate surface area is 296 Å². The molecule has 0 aromatic carbocycles. The summed E-state index contributed by atoms with van der Waals surface area (Å²) >= 11 is 0. The van der Waals surface area contributed by atoms with Crippen LogP contribution in [0.25, 0.3) is 0 Å². The fourth-order valence-corrected chi connectivity index (χ4v) is 11.1. The van der Waals surface area contributed by atoms with Crippen LogP contribution in [0.2, 0.25) is 0 Å². The van der Waals surface area contributed by atoms with Crippen LogP contribution in [-0.4, -0.2) is 78.7 Å². The second kappa shape index (κ2) is 15.4. The minimum atomic E-state index is -0.892. The van der Waals surface area contributed by atoms with Crippen molar-refractivity contribution >= 4 is 5.97 Å². The van der Waals surface area contributed by atoms with Crippen molar-refractivity contribution in [3.05, 3.63) is 11.3 Å². The van der Waals surface area contributed by atoms with E-state index in [9.17, 15) is 9.90 Å². The Bertz CT molecular complexity index is 1100. The average molecular weight is 689 g/mol. The number of allylic oxidation sites excluding steroid dienone is 1. The molecular weight excluding hydrogens is 620 g/mol. The predicted octanol–water partition coefficient (Wildman–Crippen LogP) is 9.07. The molecule has 1 N–H and O–H groups in total. The molecule has 280 valence electrons. The number of carboxylic acids is 1. The van der Waals surface area contributed by atoms with Gasteiger partial charge in [-0.05, 0) is 96.3 Å². The first-order chi connectivity index (χ1) is 23.6. The van der Waals surface area contributed by atoms with Crippen molar-refractivity contribution in [2.75, 3.05) is 39.6 Å². The molecule has 5 unspecified atom stereocenters. The van der Waals surface area contributed by atoms with Gasteiger partial charge in [0.25, 0.3) is 0 Å². The highest BCUT2D eigenvalue weighted by atomic mass is 16.5. The van der Waals surface area contributed by atoms with Gasteiger partial charge < -0.3 is 33.5 Å². The van der Waals surface area contributed by atoms with Crippen molar-refractivity contribution in [3.8, 4) is 0 Å². The normalized spacial score (nSPS) is 39.6. The number of unbranched alkanes of at least 4 members (excludes halogenated alkanes) is 3. The quantitative estimate of drug-likeness (QED) is 0.0840. The first-order valence-electron chi connectivity index (χ1n) is 20.3. The van der Waals surface area contributed by atoms with E-state index < -0.39 is 11.4 Å². The molecule has 3 heterocycles. The van der Waals surface area contributed by atoms with Crippen molar-refractivity contribution in [3.63, 3.8) is 0 Å². The summed E-state index contributed by atoms with van der Waals surface area (Å²) in [6.45, 7) is 12.8. The van der Waals surface area contributed by atoms with Crippen LogP contribution >= 0.6 is 0 Å². The summed E-state index contributed by atoms with van der Waals surface area (Å²) in [6, 6.07) is 0. The SMILES string of the molecule is CCCCC1(CCOC(=C(C)C(=O)O)C23CC4CC(OCCC5(CCCC)CCO5)(CC(OCCC5(CCCC)CCO5)(C4)C2)C3)CCO1. The number of rotatable bonds is 23. The molecule has 7 fully saturated rings. The Balaban J connectivity index is 1.23. The van der Waals surface area contributed by atoms with Gasteiger partial charge in [0.1, 0.15) is 5.76 Å². The van der Waals surface area contributed by atoms with E-state index in [0.717, 1.165) is 129 Å². The second-order valence-corrected chi connectivity index (χ2v) is 17.4. The highest BCUT2D eigenvalue weighted by Crippen LogP contribution is 2.68. The maximum absolute atomic E-state index is 12.7. The lowest BCUT2D eigenvalue weighted by molar-refractivity contribution is -0.270. The minimum Gasteiger partial charge on any atom is -0.497 e. The first-order valence-corrected chi connectivity index (χ1v) is 20.3. The lowest BCUT2D eigenvalue weighted by Gasteiger charge is -2.66. The molecule has 7 rings (SSSR count). The summed E-state index contributed by atoms with van der Waals surface area (Å²) in [6.07, 6.45) is 21.6. The maximum atomic E-state index is 12.7. The van der Waals surface area contributed by atoms with Crippen LogP contribution in [0.3, 0.4) is 0 Å². The van der Waals surface area contributed by atoms with E-state index in [1.165, 1.54) is 25.7 Å². The second-order valence-electron chi connectivity index (χ2n) is 17.4. The fraction of sp³-hybridized carbons (Fsp3) is 0.927. The van der Waals surface area contributed by atoms with Crippen LogP contribution in [-0.2, 0) is 33.2 Å². The van der Waals surface area contributed by atoms with Gasteiger partial charge in [-0.1, -0.05) is 59.3 Å². The molecule has 0 spiro atoms. The van der Waals surface area contributed by atoms with Crippen molar-refractivity contribution < 1.29 is 38.3 Å². The van der Waals surface area contributed by atoms with Gasteiger partial charge in [0.15, 0.2) is 0 Å². The molecule has 8 heteroatoms. The molecular formula is C41H68O8. The molecule has 8 nitrogen and oxygen atoms in total. The molecule has 0 radical (unpaired) electrons. The Hall–Kier alpha value is -1.19. The molecule has 49 heavy (non-hydrogen) atoms. The predicted molar refractivity (Wildman–Crippen MR) is 190 cm³/mol. The van der Waals surface area contributed by atoms with Gasteiger partial charge in [0.05, 0.1) is 73.2 Å². The van der Waals surface area contributed by atoms with Crippen molar-refractivity contribution in [1.82, 2.24) is 0 Å². The maximum Gasteiger partial charge on any atom is 0.334 e. The summed E-state index contributed by atoms with van der Waals surface area (Å²) in [5.41, 5.74) is -0.978. The summed E-state index contributed by atoms with van der Waals surface area (Å²) in [5, 5.41) is 10.4. The molecule has 7 aliphatic rings. The molecule has 4 bridgehead atoms. The van der Waals surface area contributed by atoms with E-state index in [4.69, 9.17) is 28.4 Å². The third-order valence-electron chi connectivity index (χ3n) is 13.7. The van der Waals surface area contributed by atoms with Crippen LogP contribution in [0.4, 0.5) is 0 Å². The zero-order valence-corrected chi connectivity index (χ0v) is 31.5. The number of carboxylic acid groups (broad SMARTS) is 1. The van der Waals surface area contributed by atoms with E-state index in [-0.39, 0.29) is 28.0 Å². The van der Waals surface area contributed by atoms with Crippen molar-refractivity contribution in [1.29, 1.82) is 0 Å². The van der Waals surface area contributed by atoms with Gasteiger partial charge in [-0.2, -0.15) is 0 Å². The third kappa shape index (κ3) is 8.09. The summed E-state index contributed by atoms with van der Waals surface area (Å²) in [4.78, 5) is 12.7. The summed E-state index contributed by atoms with van der Waals surface area (Å²) in [7, 11) is 0. The Morgan fingerprint density at radius 1 is 0.653 bits per heavy atom. The van der Waals surface area contributed by atoms with Crippen LogP contribution in [0, 0.1) is 11.3 Å². The number of hydrogen-bond donors (Lipinski definition) is 1. The Morgan fingerprint density at radius 2 is 1.08 bits per heavy atom. The minimum absolute atomic E-state index is 0.0365. The van der Waals surface area contributed by atoms with Crippen LogP contribution in [0.1, 0.15) is 163 Å². The zero-order valence-electron chi connectivity index (χ0n) is 31.5. The van der Waals surface area contributed by atoms with E-state index >= 15 is 0 Å². The molecule has 0 aromatic heterocycles. The highest BCUT2D eigenvalue weighted by molar-refractivity contribution is 5.86. The van der Waals surface area contributed by atoms with Crippen LogP contribution in [0.15, 0.2) is 11.3 Å². The first kappa shape index (κ1) is 37.6. The monoisotopic (exact) mass is 688 g/mol. The average Bonchev–Trinajstić information content (AvgIpc) is 3.00. The van der Waals surface area contributed by atoms with Gasteiger partial charge in [-0.3, -0.25) is 0 Å². The number of ether oxygens (including phenoxy) is 6. The fourth-order valence-electron chi connectivity index (χ4n) is 11.1. The lowest BCUT2D eigenvalue weighted by Crippen LogP contribution is -2.65. The van der Waals surface area contributed by atoms with E-state index in [2.05, 4.69) is 20.8 Å². The molecule has 5 atom stereocenters. The number of hydrogen-bond acceptors (Lipinski definition) is 7. The standard InChI is InChI=1S/C41H68O8/c1-5-8-11-37(15-21-45-37)14-20-44-34(32(4)35(42)43)36-26-33-27-40(29-36,48-24-18-38(12-9-6-2)16-22-46-38)31-41(28-33,30-36)49-25-19-39(13-10-7-3)17-23-47-39/h33H,5-31H2,1-4H3,(H,42,43).